The maximum atomic E-state index is 14.2. The third-order valence-electron chi connectivity index (χ3n) is 9.95. The predicted octanol–water partition coefficient (Wildman–Crippen LogP) is -0.172. The van der Waals surface area contributed by atoms with Crippen LogP contribution in [0.1, 0.15) is 84.6 Å². The Morgan fingerprint density at radius 3 is 2.00 bits per heavy atom. The first-order valence-electron chi connectivity index (χ1n) is 20.1. The Labute approximate surface area is 349 Å². The highest BCUT2D eigenvalue weighted by Gasteiger charge is 2.40. The zero-order chi connectivity index (χ0) is 44.9. The third kappa shape index (κ3) is 16.9. The summed E-state index contributed by atoms with van der Waals surface area (Å²) >= 11 is 0. The second-order valence-electron chi connectivity index (χ2n) is 15.2. The third-order valence-corrected chi connectivity index (χ3v) is 9.95. The number of aromatic hydroxyl groups is 1. The molecule has 332 valence electrons. The molecule has 0 spiro atoms. The van der Waals surface area contributed by atoms with E-state index in [0.717, 1.165) is 0 Å². The van der Waals surface area contributed by atoms with Crippen molar-refractivity contribution in [3.8, 4) is 5.75 Å². The largest absolute Gasteiger partial charge is 0.508 e. The molecule has 1 aliphatic heterocycles. The Kier molecular flexibility index (Phi) is 21.0. The van der Waals surface area contributed by atoms with E-state index in [9.17, 15) is 39.0 Å². The number of aliphatic carboxylic acids is 1. The number of phenolic OH excluding ortho intramolecular Hbond substituents is 1. The molecule has 1 saturated heterocycles. The van der Waals surface area contributed by atoms with Crippen molar-refractivity contribution >= 4 is 47.4 Å². The maximum Gasteiger partial charge on any atom is 0.326 e. The molecule has 2 rings (SSSR count). The van der Waals surface area contributed by atoms with Crippen LogP contribution in [0.15, 0.2) is 39.4 Å². The quantitative estimate of drug-likeness (QED) is 0.0153. The molecule has 1 aromatic carbocycles. The number of carboxylic acid groups (broad SMARTS) is 1. The highest BCUT2D eigenvalue weighted by atomic mass is 16.4. The van der Waals surface area contributed by atoms with Crippen LogP contribution in [0.3, 0.4) is 0 Å². The number of hydrogen-bond acceptors (Lipinski definition) is 10. The first-order valence-corrected chi connectivity index (χ1v) is 20.1. The molecule has 5 amide bonds. The number of azide groups is 1. The summed E-state index contributed by atoms with van der Waals surface area (Å²) in [6, 6.07) is -1.15. The van der Waals surface area contributed by atoms with E-state index in [1.165, 1.54) is 17.0 Å². The number of carboxylic acids is 1. The minimum Gasteiger partial charge on any atom is -0.508 e. The van der Waals surface area contributed by atoms with E-state index in [4.69, 9.17) is 28.5 Å². The van der Waals surface area contributed by atoms with Gasteiger partial charge in [0.1, 0.15) is 42.0 Å². The number of likely N-dealkylation sites (tertiary alicyclic amines) is 1. The number of amides is 5. The molecular weight excluding hydrogens is 781 g/mol. The molecule has 60 heavy (non-hydrogen) atoms. The number of phenols is 1. The maximum absolute atomic E-state index is 14.2. The van der Waals surface area contributed by atoms with E-state index in [-0.39, 0.29) is 88.2 Å². The molecule has 0 aliphatic carbocycles. The first-order chi connectivity index (χ1) is 28.4. The molecule has 1 aliphatic rings. The smallest absolute Gasteiger partial charge is 0.326 e. The van der Waals surface area contributed by atoms with Crippen molar-refractivity contribution in [1.82, 2.24) is 26.2 Å². The number of benzene rings is 1. The number of nitrogens with one attached hydrogen (secondary N) is 4. The van der Waals surface area contributed by atoms with Crippen LogP contribution in [-0.4, -0.2) is 118 Å². The average Bonchev–Trinajstić information content (AvgIpc) is 3.69. The van der Waals surface area contributed by atoms with E-state index in [0.29, 0.717) is 18.4 Å². The molecule has 22 nitrogen and oxygen atoms in total. The number of guanidine groups is 2. The van der Waals surface area contributed by atoms with Gasteiger partial charge in [-0.3, -0.25) is 34.0 Å². The second-order valence-corrected chi connectivity index (χ2v) is 15.2. The van der Waals surface area contributed by atoms with Crippen molar-refractivity contribution in [2.45, 2.75) is 122 Å². The minimum atomic E-state index is -1.29. The lowest BCUT2D eigenvalue weighted by Gasteiger charge is -2.31. The molecular formula is C38H62N14O8. The van der Waals surface area contributed by atoms with Crippen molar-refractivity contribution in [3.63, 3.8) is 0 Å². The summed E-state index contributed by atoms with van der Waals surface area (Å²) in [6.45, 7) is 7.61. The molecule has 22 heteroatoms. The monoisotopic (exact) mass is 842 g/mol. The Hall–Kier alpha value is -6.31. The lowest BCUT2D eigenvalue weighted by molar-refractivity contribution is -0.143. The Bertz CT molecular complexity index is 1730. The molecule has 1 unspecified atom stereocenters. The van der Waals surface area contributed by atoms with E-state index in [1.54, 1.807) is 19.1 Å². The highest BCUT2D eigenvalue weighted by molar-refractivity contribution is 5.97. The van der Waals surface area contributed by atoms with Crippen LogP contribution in [0, 0.1) is 11.8 Å². The molecule has 0 aromatic heterocycles. The fourth-order valence-electron chi connectivity index (χ4n) is 6.58. The van der Waals surface area contributed by atoms with Crippen LogP contribution in [0.25, 0.3) is 10.4 Å². The van der Waals surface area contributed by atoms with Gasteiger partial charge >= 0.3 is 5.97 Å². The van der Waals surface area contributed by atoms with Gasteiger partial charge < -0.3 is 59.3 Å². The zero-order valence-corrected chi connectivity index (χ0v) is 34.8. The molecule has 0 bridgehead atoms. The van der Waals surface area contributed by atoms with Gasteiger partial charge in [-0.05, 0) is 80.0 Å². The van der Waals surface area contributed by atoms with Gasteiger partial charge in [-0.2, -0.15) is 0 Å². The molecule has 1 heterocycles. The fraction of sp³-hybridized carbons (Fsp3) is 0.632. The van der Waals surface area contributed by atoms with E-state index >= 15 is 0 Å². The van der Waals surface area contributed by atoms with Gasteiger partial charge in [0.25, 0.3) is 0 Å². The summed E-state index contributed by atoms with van der Waals surface area (Å²) < 4.78 is 0. The SMILES string of the molecule is CC[C@@H](C)[C@H](NC(=O)[C@H](Cc1ccc(O)cc1)NC(=O)[C@@H]1CCCN1C(=O)[C@H](CCCN=C(N)N)NC(=O)C(CCCN=C(N)N)N=[N+]=[N-])C(=O)N[C@@H](CC(C)C)C(=O)O. The van der Waals surface area contributed by atoms with Gasteiger partial charge in [-0.1, -0.05) is 51.4 Å². The average molecular weight is 843 g/mol. The Balaban J connectivity index is 2.41. The lowest BCUT2D eigenvalue weighted by Crippen LogP contribution is -2.60. The molecule has 1 aromatic rings. The van der Waals surface area contributed by atoms with Gasteiger partial charge in [-0.15, -0.1) is 0 Å². The van der Waals surface area contributed by atoms with Gasteiger partial charge in [-0.25, -0.2) is 4.79 Å². The fourth-order valence-corrected chi connectivity index (χ4v) is 6.58. The summed E-state index contributed by atoms with van der Waals surface area (Å²) in [5, 5.41) is 33.9. The number of hydrogen-bond donors (Lipinski definition) is 10. The molecule has 0 radical (unpaired) electrons. The van der Waals surface area contributed by atoms with Crippen LogP contribution in [0.2, 0.25) is 0 Å². The number of aliphatic imine (C=N–C) groups is 2. The summed E-state index contributed by atoms with van der Waals surface area (Å²) in [7, 11) is 0. The first kappa shape index (κ1) is 49.8. The van der Waals surface area contributed by atoms with Crippen molar-refractivity contribution < 1.29 is 39.0 Å². The second kappa shape index (κ2) is 25.2. The normalized spacial score (nSPS) is 16.4. The predicted molar refractivity (Wildman–Crippen MR) is 224 cm³/mol. The highest BCUT2D eigenvalue weighted by Crippen LogP contribution is 2.21. The van der Waals surface area contributed by atoms with Crippen molar-refractivity contribution in [2.24, 2.45) is 49.9 Å². The van der Waals surface area contributed by atoms with Crippen molar-refractivity contribution in [3.05, 3.63) is 40.3 Å². The summed E-state index contributed by atoms with van der Waals surface area (Å²) in [6.07, 6.45) is 1.81. The molecule has 7 atom stereocenters. The summed E-state index contributed by atoms with van der Waals surface area (Å²) in [5.74, 6) is -5.49. The van der Waals surface area contributed by atoms with Gasteiger partial charge in [0.05, 0.1) is 0 Å². The topological polar surface area (TPSA) is 372 Å². The van der Waals surface area contributed by atoms with Crippen molar-refractivity contribution in [2.75, 3.05) is 19.6 Å². The van der Waals surface area contributed by atoms with Gasteiger partial charge in [0.15, 0.2) is 11.9 Å². The number of carbonyl (C=O) groups excluding carboxylic acids is 5. The number of nitrogens with zero attached hydrogens (tertiary/aromatic N) is 6. The standard InChI is InChI=1S/C38H62N14O8/c1-5-22(4)30(34(57)48-28(36(59)60)19-21(2)3)49-32(55)27(20-23-12-14-24(53)15-13-23)47-33(56)29-11-8-18-52(29)35(58)26(10-7-17-45-38(41)42)46-31(54)25(50-51-43)9-6-16-44-37(39)40/h12-15,21-22,25-30,53H,5-11,16-20H2,1-4H3,(H,46,54)(H,47,56)(H,48,57)(H,49,55)(H,59,60)(H4,39,40,44)(H4,41,42,45)/t22-,25?,26+,27+,28+,29+,30+/m1/s1. The van der Waals surface area contributed by atoms with Crippen LogP contribution in [-0.2, 0) is 35.2 Å². The molecule has 14 N–H and O–H groups in total. The summed E-state index contributed by atoms with van der Waals surface area (Å²) in [4.78, 5) is 93.3. The Morgan fingerprint density at radius 1 is 0.850 bits per heavy atom. The van der Waals surface area contributed by atoms with Crippen molar-refractivity contribution in [1.29, 1.82) is 0 Å². The van der Waals surface area contributed by atoms with E-state index in [2.05, 4.69) is 41.3 Å². The number of rotatable bonds is 25. The zero-order valence-electron chi connectivity index (χ0n) is 34.8. The van der Waals surface area contributed by atoms with Crippen LogP contribution >= 0.6 is 0 Å². The van der Waals surface area contributed by atoms with Crippen LogP contribution in [0.5, 0.6) is 5.75 Å². The molecule has 0 saturated carbocycles. The lowest BCUT2D eigenvalue weighted by atomic mass is 9.96. The number of nitrogens with two attached hydrogens (primary N) is 4. The van der Waals surface area contributed by atoms with Gasteiger partial charge in [0.2, 0.25) is 29.5 Å². The van der Waals surface area contributed by atoms with Gasteiger partial charge in [0, 0.05) is 31.0 Å². The van der Waals surface area contributed by atoms with Crippen LogP contribution < -0.4 is 44.2 Å². The van der Waals surface area contributed by atoms with Crippen LogP contribution in [0.4, 0.5) is 0 Å². The Morgan fingerprint density at radius 2 is 1.45 bits per heavy atom. The van der Waals surface area contributed by atoms with E-state index in [1.807, 2.05) is 20.8 Å². The van der Waals surface area contributed by atoms with E-state index < -0.39 is 77.7 Å². The molecule has 1 fully saturated rings. The summed E-state index contributed by atoms with van der Waals surface area (Å²) in [5.41, 5.74) is 31.4. The minimum absolute atomic E-state index is 0.0246. The number of carbonyl (C=O) groups is 6.